The van der Waals surface area contributed by atoms with Gasteiger partial charge in [0, 0.05) is 24.2 Å². The van der Waals surface area contributed by atoms with E-state index in [1.165, 1.54) is 6.92 Å². The van der Waals surface area contributed by atoms with Gasteiger partial charge in [0.2, 0.25) is 0 Å². The third-order valence-electron chi connectivity index (χ3n) is 17.1. The van der Waals surface area contributed by atoms with Gasteiger partial charge in [0.1, 0.15) is 61.0 Å². The number of allylic oxidation sites excluding steroid dienone is 1. The summed E-state index contributed by atoms with van der Waals surface area (Å²) in [5, 5.41) is 97.2. The molecule has 9 rings (SSSR count). The van der Waals surface area contributed by atoms with Crippen LogP contribution in [0.2, 0.25) is 0 Å². The Bertz CT molecular complexity index is 1640. The first-order valence-corrected chi connectivity index (χ1v) is 22.5. The molecule has 8 fully saturated rings. The van der Waals surface area contributed by atoms with Gasteiger partial charge in [-0.3, -0.25) is 0 Å². The van der Waals surface area contributed by atoms with Crippen LogP contribution in [0.3, 0.4) is 0 Å². The van der Waals surface area contributed by atoms with Crippen LogP contribution in [0.1, 0.15) is 79.1 Å². The SMILES string of the molecule is C=C1CC[C@@]2(OC1)O[C@H]1C[C@@H]3[C@@H]4CC=C5C[C@H](O[C@H]6OC[C@@H](O)[C@H](O)[C@@H]6O[C@@H]6O[C@@H](C)[C@H](O)[C@@H](O[C@@H]7O[C@H](CO)[C@@H](O)[C@H](O)[C@H]7O)[C@H]6O)C[C@@H](O)[C@]5(C)[C@@H]4CC[C@]3(C)[C@H]1[C@@H]2C. The predicted octanol–water partition coefficient (Wildman–Crippen LogP) is -0.256. The van der Waals surface area contributed by atoms with Crippen molar-refractivity contribution < 1.29 is 83.9 Å². The molecule has 3 saturated carbocycles. The number of ether oxygens (including phenoxy) is 8. The number of aliphatic hydroxyl groups is 9. The third-order valence-corrected chi connectivity index (χ3v) is 17.1. The highest BCUT2D eigenvalue weighted by Gasteiger charge is 2.69. The number of hydrogen-bond donors (Lipinski definition) is 9. The second-order valence-electron chi connectivity index (χ2n) is 20.3. The summed E-state index contributed by atoms with van der Waals surface area (Å²) in [6, 6.07) is 0. The molecule has 0 unspecified atom stereocenters. The topological polar surface area (TPSA) is 256 Å². The molecule has 0 aromatic heterocycles. The van der Waals surface area contributed by atoms with Crippen LogP contribution in [-0.2, 0) is 37.9 Å². The highest BCUT2D eigenvalue weighted by molar-refractivity contribution is 5.28. The third kappa shape index (κ3) is 7.25. The van der Waals surface area contributed by atoms with E-state index in [1.54, 1.807) is 0 Å². The fourth-order valence-corrected chi connectivity index (χ4v) is 13.6. The van der Waals surface area contributed by atoms with E-state index in [0.717, 1.165) is 49.7 Å². The van der Waals surface area contributed by atoms with E-state index in [4.69, 9.17) is 37.9 Å². The summed E-state index contributed by atoms with van der Waals surface area (Å²) in [6.45, 7) is 12.2. The molecule has 9 aliphatic rings. The van der Waals surface area contributed by atoms with Crippen LogP contribution in [0.4, 0.5) is 0 Å². The van der Waals surface area contributed by atoms with Crippen LogP contribution < -0.4 is 0 Å². The standard InChI is InChI=1S/C44H68O17/c1-18-8-11-44(55-16-18)19(2)30-27(61-44)14-25-23-7-6-21-12-22(13-29(47)43(21,5)24(23)9-10-42(25,30)4)57-41-38(32(49)26(46)17-54-41)60-40-36(53)37(31(48)20(3)56-40)59-39-35(52)34(51)33(50)28(15-45)58-39/h6,19-20,22-41,45-53H,1,7-17H2,2-5H3/t19-,20-,22-,23+,24+,25+,26+,27-,28+,29+,30-,31-,32-,33+,34-,35+,36+,37+,38-,39-,40-,41+,42-,43-,44+/m0/s1. The maximum atomic E-state index is 12.2. The monoisotopic (exact) mass is 868 g/mol. The van der Waals surface area contributed by atoms with Gasteiger partial charge in [0.25, 0.3) is 0 Å². The largest absolute Gasteiger partial charge is 0.394 e. The Hall–Kier alpha value is -1.20. The molecule has 1 spiro atoms. The van der Waals surface area contributed by atoms with Crippen molar-refractivity contribution >= 4 is 0 Å². The van der Waals surface area contributed by atoms with Gasteiger partial charge in [-0.25, -0.2) is 0 Å². The first kappa shape index (κ1) is 45.0. The lowest BCUT2D eigenvalue weighted by Crippen LogP contribution is -2.65. The van der Waals surface area contributed by atoms with Gasteiger partial charge < -0.3 is 83.9 Å². The summed E-state index contributed by atoms with van der Waals surface area (Å²) in [6.07, 6.45) is -13.5. The summed E-state index contributed by atoms with van der Waals surface area (Å²) in [4.78, 5) is 0. The molecule has 0 bridgehead atoms. The summed E-state index contributed by atoms with van der Waals surface area (Å²) in [5.74, 6) is 1.30. The molecule has 25 atom stereocenters. The zero-order chi connectivity index (χ0) is 43.5. The van der Waals surface area contributed by atoms with Gasteiger partial charge in [-0.1, -0.05) is 44.6 Å². The second-order valence-corrected chi connectivity index (χ2v) is 20.3. The number of aliphatic hydroxyl groups excluding tert-OH is 9. The maximum Gasteiger partial charge on any atom is 0.187 e. The van der Waals surface area contributed by atoms with Gasteiger partial charge in [-0.05, 0) is 74.5 Å². The summed E-state index contributed by atoms with van der Waals surface area (Å²) < 4.78 is 48.9. The fourth-order valence-electron chi connectivity index (χ4n) is 13.6. The Balaban J connectivity index is 0.877. The first-order chi connectivity index (χ1) is 28.9. The molecule has 5 aliphatic heterocycles. The lowest BCUT2D eigenvalue weighted by Gasteiger charge is -2.60. The van der Waals surface area contributed by atoms with E-state index < -0.39 is 116 Å². The van der Waals surface area contributed by atoms with Crippen LogP contribution in [0.5, 0.6) is 0 Å². The molecule has 0 aromatic carbocycles. The van der Waals surface area contributed by atoms with Crippen molar-refractivity contribution in [1.29, 1.82) is 0 Å². The van der Waals surface area contributed by atoms with Crippen molar-refractivity contribution in [3.63, 3.8) is 0 Å². The molecule has 9 N–H and O–H groups in total. The minimum absolute atomic E-state index is 0.107. The van der Waals surface area contributed by atoms with Crippen molar-refractivity contribution in [2.75, 3.05) is 19.8 Å². The number of fused-ring (bicyclic) bond motifs is 7. The molecular formula is C44H68O17. The Morgan fingerprint density at radius 3 is 2.26 bits per heavy atom. The molecule has 0 radical (unpaired) electrons. The fraction of sp³-hybridized carbons (Fsp3) is 0.909. The van der Waals surface area contributed by atoms with E-state index >= 15 is 0 Å². The molecule has 4 aliphatic carbocycles. The Morgan fingerprint density at radius 2 is 1.54 bits per heavy atom. The highest BCUT2D eigenvalue weighted by atomic mass is 16.8. The van der Waals surface area contributed by atoms with Crippen molar-refractivity contribution in [1.82, 2.24) is 0 Å². The van der Waals surface area contributed by atoms with E-state index in [9.17, 15) is 46.0 Å². The zero-order valence-electron chi connectivity index (χ0n) is 35.6. The molecule has 5 saturated heterocycles. The minimum atomic E-state index is -1.81. The Kier molecular flexibility index (Phi) is 12.2. The molecule has 0 amide bonds. The van der Waals surface area contributed by atoms with Gasteiger partial charge in [0.05, 0.1) is 44.2 Å². The lowest BCUT2D eigenvalue weighted by atomic mass is 9.46. The average Bonchev–Trinajstić information content (AvgIpc) is 3.68. The van der Waals surface area contributed by atoms with Gasteiger partial charge in [-0.15, -0.1) is 0 Å². The summed E-state index contributed by atoms with van der Waals surface area (Å²) >= 11 is 0. The first-order valence-electron chi connectivity index (χ1n) is 22.5. The van der Waals surface area contributed by atoms with Crippen LogP contribution in [0, 0.1) is 40.4 Å². The average molecular weight is 869 g/mol. The van der Waals surface area contributed by atoms with E-state index in [1.807, 2.05) is 0 Å². The van der Waals surface area contributed by atoms with E-state index in [2.05, 4.69) is 33.4 Å². The number of hydrogen-bond acceptors (Lipinski definition) is 17. The van der Waals surface area contributed by atoms with E-state index in [-0.39, 0.29) is 30.0 Å². The lowest BCUT2D eigenvalue weighted by molar-refractivity contribution is -0.380. The quantitative estimate of drug-likeness (QED) is 0.150. The van der Waals surface area contributed by atoms with Crippen molar-refractivity contribution in [3.05, 3.63) is 23.8 Å². The van der Waals surface area contributed by atoms with Crippen LogP contribution in [0.15, 0.2) is 23.8 Å². The molecule has 17 nitrogen and oxygen atoms in total. The van der Waals surface area contributed by atoms with Crippen molar-refractivity contribution in [3.8, 4) is 0 Å². The molecule has 5 heterocycles. The Labute approximate surface area is 356 Å². The van der Waals surface area contributed by atoms with Crippen LogP contribution >= 0.6 is 0 Å². The predicted molar refractivity (Wildman–Crippen MR) is 210 cm³/mol. The molecule has 0 aromatic rings. The summed E-state index contributed by atoms with van der Waals surface area (Å²) in [5.41, 5.74) is 1.90. The van der Waals surface area contributed by atoms with Crippen molar-refractivity contribution in [2.24, 2.45) is 40.4 Å². The van der Waals surface area contributed by atoms with Crippen LogP contribution in [0.25, 0.3) is 0 Å². The van der Waals surface area contributed by atoms with E-state index in [0.29, 0.717) is 37.2 Å². The molecule has 17 heteroatoms. The maximum absolute atomic E-state index is 12.2. The minimum Gasteiger partial charge on any atom is -0.394 e. The molecule has 346 valence electrons. The Morgan fingerprint density at radius 1 is 0.803 bits per heavy atom. The number of rotatable bonds is 7. The second kappa shape index (κ2) is 16.6. The molecular weight excluding hydrogens is 800 g/mol. The zero-order valence-corrected chi connectivity index (χ0v) is 35.6. The van der Waals surface area contributed by atoms with Gasteiger partial charge in [-0.2, -0.15) is 0 Å². The summed E-state index contributed by atoms with van der Waals surface area (Å²) in [7, 11) is 0. The van der Waals surface area contributed by atoms with Crippen LogP contribution in [-0.4, -0.2) is 176 Å². The normalized spacial score (nSPS) is 57.2. The molecule has 61 heavy (non-hydrogen) atoms. The highest BCUT2D eigenvalue weighted by Crippen LogP contribution is 2.70. The smallest absolute Gasteiger partial charge is 0.187 e. The van der Waals surface area contributed by atoms with Gasteiger partial charge >= 0.3 is 0 Å². The van der Waals surface area contributed by atoms with Gasteiger partial charge in [0.15, 0.2) is 24.7 Å². The van der Waals surface area contributed by atoms with Crippen molar-refractivity contribution in [2.45, 2.75) is 189 Å².